The van der Waals surface area contributed by atoms with Crippen LogP contribution >= 0.6 is 0 Å². The Kier molecular flexibility index (Phi) is 4.47. The molecule has 0 aromatic carbocycles. The molecule has 0 amide bonds. The number of rotatable bonds is 4. The summed E-state index contributed by atoms with van der Waals surface area (Å²) >= 11 is 0. The number of likely N-dealkylation sites (tertiary alicyclic amines) is 1. The molecule has 2 aliphatic rings. The molecular formula is C20H24N6O. The van der Waals surface area contributed by atoms with Crippen LogP contribution in [0, 0.1) is 0 Å². The molecule has 3 aromatic rings. The lowest BCUT2D eigenvalue weighted by Gasteiger charge is -2.28. The molecule has 0 aliphatic carbocycles. The summed E-state index contributed by atoms with van der Waals surface area (Å²) in [5.74, 6) is 1.36. The summed E-state index contributed by atoms with van der Waals surface area (Å²) in [6.07, 6.45) is 6.97. The summed E-state index contributed by atoms with van der Waals surface area (Å²) in [7, 11) is 0. The van der Waals surface area contributed by atoms with Gasteiger partial charge in [-0.05, 0) is 36.7 Å². The normalized spacial score (nSPS) is 21.2. The molecule has 5 rings (SSSR count). The van der Waals surface area contributed by atoms with Crippen LogP contribution in [0.2, 0.25) is 0 Å². The van der Waals surface area contributed by atoms with Crippen LogP contribution in [0.1, 0.15) is 23.7 Å². The maximum absolute atomic E-state index is 5.45. The Labute approximate surface area is 158 Å². The van der Waals surface area contributed by atoms with Crippen molar-refractivity contribution in [3.63, 3.8) is 0 Å². The van der Waals surface area contributed by atoms with Crippen LogP contribution in [-0.2, 0) is 11.3 Å². The zero-order valence-corrected chi connectivity index (χ0v) is 15.4. The minimum atomic E-state index is 0.397. The molecule has 2 saturated heterocycles. The van der Waals surface area contributed by atoms with Crippen LogP contribution in [-0.4, -0.2) is 63.9 Å². The van der Waals surface area contributed by atoms with Gasteiger partial charge in [0.15, 0.2) is 11.5 Å². The number of hydrogen-bond acceptors (Lipinski definition) is 6. The SMILES string of the molecule is c1cncc(CN2CC[C@@H](c3nc4ccc(N5CCOCC5)cn4n3)C2)c1. The largest absolute Gasteiger partial charge is 0.378 e. The predicted octanol–water partition coefficient (Wildman–Crippen LogP) is 1.95. The summed E-state index contributed by atoms with van der Waals surface area (Å²) in [6, 6.07) is 8.35. The van der Waals surface area contributed by atoms with E-state index in [0.29, 0.717) is 5.92 Å². The van der Waals surface area contributed by atoms with Crippen molar-refractivity contribution in [3.05, 3.63) is 54.2 Å². The molecule has 5 heterocycles. The molecule has 0 radical (unpaired) electrons. The summed E-state index contributed by atoms with van der Waals surface area (Å²) in [5.41, 5.74) is 3.37. The van der Waals surface area contributed by atoms with E-state index in [4.69, 9.17) is 14.8 Å². The highest BCUT2D eigenvalue weighted by molar-refractivity contribution is 5.51. The highest BCUT2D eigenvalue weighted by atomic mass is 16.5. The number of ether oxygens (including phenoxy) is 1. The molecule has 140 valence electrons. The van der Waals surface area contributed by atoms with Gasteiger partial charge in [-0.1, -0.05) is 6.07 Å². The van der Waals surface area contributed by atoms with Crippen LogP contribution in [0.3, 0.4) is 0 Å². The lowest BCUT2D eigenvalue weighted by molar-refractivity contribution is 0.122. The topological polar surface area (TPSA) is 58.8 Å². The van der Waals surface area contributed by atoms with Gasteiger partial charge in [-0.2, -0.15) is 5.10 Å². The molecule has 27 heavy (non-hydrogen) atoms. The van der Waals surface area contributed by atoms with Gasteiger partial charge in [-0.25, -0.2) is 9.50 Å². The van der Waals surface area contributed by atoms with E-state index in [1.165, 1.54) is 11.3 Å². The van der Waals surface area contributed by atoms with Crippen molar-refractivity contribution in [2.45, 2.75) is 18.9 Å². The van der Waals surface area contributed by atoms with Gasteiger partial charge in [0.2, 0.25) is 0 Å². The Morgan fingerprint density at radius 2 is 2.04 bits per heavy atom. The van der Waals surface area contributed by atoms with Crippen LogP contribution in [0.5, 0.6) is 0 Å². The summed E-state index contributed by atoms with van der Waals surface area (Å²) in [6.45, 7) is 6.46. The van der Waals surface area contributed by atoms with Crippen molar-refractivity contribution in [1.82, 2.24) is 24.5 Å². The van der Waals surface area contributed by atoms with Crippen molar-refractivity contribution >= 4 is 11.3 Å². The molecular weight excluding hydrogens is 340 g/mol. The molecule has 0 spiro atoms. The molecule has 0 saturated carbocycles. The predicted molar refractivity (Wildman–Crippen MR) is 103 cm³/mol. The van der Waals surface area contributed by atoms with E-state index in [2.05, 4.69) is 39.2 Å². The lowest BCUT2D eigenvalue weighted by Crippen LogP contribution is -2.36. The van der Waals surface area contributed by atoms with Gasteiger partial charge in [-0.15, -0.1) is 0 Å². The lowest BCUT2D eigenvalue weighted by atomic mass is 10.1. The van der Waals surface area contributed by atoms with Crippen LogP contribution in [0.25, 0.3) is 5.65 Å². The van der Waals surface area contributed by atoms with E-state index in [0.717, 1.165) is 63.8 Å². The molecule has 7 heteroatoms. The molecule has 3 aromatic heterocycles. The standard InChI is InChI=1S/C20H24N6O/c1-2-16(12-21-6-1)13-24-7-5-17(14-24)20-22-19-4-3-18(15-26(19)23-20)25-8-10-27-11-9-25/h1-4,6,12,15,17H,5,7-11,13-14H2/t17-/m1/s1. The third-order valence-electron chi connectivity index (χ3n) is 5.47. The Hall–Kier alpha value is -2.51. The number of nitrogens with zero attached hydrogens (tertiary/aromatic N) is 6. The fourth-order valence-corrected chi connectivity index (χ4v) is 4.01. The molecule has 2 fully saturated rings. The Morgan fingerprint density at radius 1 is 1.11 bits per heavy atom. The number of pyridine rings is 2. The van der Waals surface area contributed by atoms with Gasteiger partial charge in [0, 0.05) is 44.5 Å². The molecule has 2 aliphatic heterocycles. The van der Waals surface area contributed by atoms with Crippen molar-refractivity contribution in [2.75, 3.05) is 44.3 Å². The third kappa shape index (κ3) is 3.52. The highest BCUT2D eigenvalue weighted by Gasteiger charge is 2.27. The van der Waals surface area contributed by atoms with E-state index in [1.54, 1.807) is 0 Å². The van der Waals surface area contributed by atoms with E-state index < -0.39 is 0 Å². The van der Waals surface area contributed by atoms with Crippen LogP contribution < -0.4 is 4.90 Å². The van der Waals surface area contributed by atoms with E-state index in [1.807, 2.05) is 23.0 Å². The first-order valence-corrected chi connectivity index (χ1v) is 9.65. The number of anilines is 1. The van der Waals surface area contributed by atoms with Gasteiger partial charge in [0.1, 0.15) is 0 Å². The summed E-state index contributed by atoms with van der Waals surface area (Å²) < 4.78 is 7.38. The summed E-state index contributed by atoms with van der Waals surface area (Å²) in [4.78, 5) is 13.8. The Morgan fingerprint density at radius 3 is 2.89 bits per heavy atom. The van der Waals surface area contributed by atoms with Crippen molar-refractivity contribution in [3.8, 4) is 0 Å². The summed E-state index contributed by atoms with van der Waals surface area (Å²) in [5, 5.41) is 4.80. The minimum Gasteiger partial charge on any atom is -0.378 e. The second-order valence-electron chi connectivity index (χ2n) is 7.34. The Balaban J connectivity index is 1.30. The van der Waals surface area contributed by atoms with Gasteiger partial charge in [-0.3, -0.25) is 9.88 Å². The molecule has 0 bridgehead atoms. The first-order chi connectivity index (χ1) is 13.3. The van der Waals surface area contributed by atoms with Gasteiger partial charge in [0.25, 0.3) is 0 Å². The van der Waals surface area contributed by atoms with Gasteiger partial charge < -0.3 is 9.64 Å². The van der Waals surface area contributed by atoms with Crippen LogP contribution in [0.4, 0.5) is 5.69 Å². The van der Waals surface area contributed by atoms with E-state index >= 15 is 0 Å². The fourth-order valence-electron chi connectivity index (χ4n) is 4.01. The van der Waals surface area contributed by atoms with Crippen molar-refractivity contribution in [1.29, 1.82) is 0 Å². The maximum Gasteiger partial charge on any atom is 0.156 e. The number of hydrogen-bond donors (Lipinski definition) is 0. The fraction of sp³-hybridized carbons (Fsp3) is 0.450. The van der Waals surface area contributed by atoms with E-state index in [-0.39, 0.29) is 0 Å². The van der Waals surface area contributed by atoms with E-state index in [9.17, 15) is 0 Å². The number of morpholine rings is 1. The average molecular weight is 364 g/mol. The first-order valence-electron chi connectivity index (χ1n) is 9.65. The first kappa shape index (κ1) is 16.6. The van der Waals surface area contributed by atoms with Gasteiger partial charge >= 0.3 is 0 Å². The third-order valence-corrected chi connectivity index (χ3v) is 5.47. The molecule has 0 N–H and O–H groups in total. The zero-order valence-electron chi connectivity index (χ0n) is 15.4. The molecule has 1 atom stereocenters. The second-order valence-corrected chi connectivity index (χ2v) is 7.34. The minimum absolute atomic E-state index is 0.397. The quantitative estimate of drug-likeness (QED) is 0.705. The zero-order chi connectivity index (χ0) is 18.1. The second kappa shape index (κ2) is 7.25. The molecule has 7 nitrogen and oxygen atoms in total. The van der Waals surface area contributed by atoms with Gasteiger partial charge in [0.05, 0.1) is 25.1 Å². The van der Waals surface area contributed by atoms with Crippen LogP contribution in [0.15, 0.2) is 42.9 Å². The number of fused-ring (bicyclic) bond motifs is 1. The Bertz CT molecular complexity index is 905. The van der Waals surface area contributed by atoms with Crippen molar-refractivity contribution < 1.29 is 4.74 Å². The smallest absolute Gasteiger partial charge is 0.156 e. The molecule has 0 unspecified atom stereocenters. The average Bonchev–Trinajstić information content (AvgIpc) is 3.35. The van der Waals surface area contributed by atoms with Crippen molar-refractivity contribution in [2.24, 2.45) is 0 Å². The monoisotopic (exact) mass is 364 g/mol. The highest BCUT2D eigenvalue weighted by Crippen LogP contribution is 2.27. The maximum atomic E-state index is 5.45. The number of aromatic nitrogens is 4.